The van der Waals surface area contributed by atoms with Crippen LogP contribution in [0, 0.1) is 0 Å². The Balaban J connectivity index is 1.28. The molecule has 0 saturated carbocycles. The topological polar surface area (TPSA) is 45.7 Å². The molecule has 0 bridgehead atoms. The van der Waals surface area contributed by atoms with E-state index in [1.807, 2.05) is 23.1 Å². The van der Waals surface area contributed by atoms with E-state index in [0.717, 1.165) is 50.5 Å². The summed E-state index contributed by atoms with van der Waals surface area (Å²) >= 11 is 0. The number of fused-ring (bicyclic) bond motifs is 1. The van der Waals surface area contributed by atoms with Crippen LogP contribution in [-0.4, -0.2) is 48.6 Å². The Bertz CT molecular complexity index is 740. The maximum atomic E-state index is 12.4. The van der Waals surface area contributed by atoms with E-state index in [0.29, 0.717) is 0 Å². The molecule has 130 valence electrons. The highest BCUT2D eigenvalue weighted by Gasteiger charge is 2.21. The van der Waals surface area contributed by atoms with E-state index in [2.05, 4.69) is 22.0 Å². The third-order valence-corrected chi connectivity index (χ3v) is 5.09. The lowest BCUT2D eigenvalue weighted by Crippen LogP contribution is -2.50. The summed E-state index contributed by atoms with van der Waals surface area (Å²) in [7, 11) is 0. The predicted molar refractivity (Wildman–Crippen MR) is 97.0 cm³/mol. The molecule has 2 aromatic rings. The summed E-state index contributed by atoms with van der Waals surface area (Å²) in [6, 6.07) is 10.2. The van der Waals surface area contributed by atoms with Gasteiger partial charge in [0.1, 0.15) is 5.75 Å². The lowest BCUT2D eigenvalue weighted by Gasteiger charge is -2.36. The zero-order valence-electron chi connectivity index (χ0n) is 14.4. The van der Waals surface area contributed by atoms with Gasteiger partial charge < -0.3 is 14.5 Å². The number of carbonyl (C=O) groups is 1. The van der Waals surface area contributed by atoms with Crippen LogP contribution in [-0.2, 0) is 17.6 Å². The molecular formula is C20H23N3O2. The fourth-order valence-electron chi connectivity index (χ4n) is 3.64. The summed E-state index contributed by atoms with van der Waals surface area (Å²) in [5, 5.41) is 0. The summed E-state index contributed by atoms with van der Waals surface area (Å²) < 4.78 is 5.74. The maximum Gasteiger partial charge on any atom is 0.260 e. The molecule has 1 aromatic heterocycles. The van der Waals surface area contributed by atoms with Crippen LogP contribution in [0.4, 0.5) is 5.69 Å². The van der Waals surface area contributed by atoms with Gasteiger partial charge in [0.2, 0.25) is 0 Å². The first-order valence-corrected chi connectivity index (χ1v) is 8.97. The Morgan fingerprint density at radius 2 is 1.76 bits per heavy atom. The molecule has 0 atom stereocenters. The van der Waals surface area contributed by atoms with Gasteiger partial charge in [-0.3, -0.25) is 9.78 Å². The molecule has 2 heterocycles. The van der Waals surface area contributed by atoms with Gasteiger partial charge in [-0.15, -0.1) is 0 Å². The average molecular weight is 337 g/mol. The molecule has 25 heavy (non-hydrogen) atoms. The largest absolute Gasteiger partial charge is 0.484 e. The molecular weight excluding hydrogens is 314 g/mol. The van der Waals surface area contributed by atoms with Crippen molar-refractivity contribution in [3.05, 3.63) is 53.9 Å². The Labute approximate surface area is 148 Å². The van der Waals surface area contributed by atoms with Gasteiger partial charge in [0, 0.05) is 44.3 Å². The highest BCUT2D eigenvalue weighted by molar-refractivity contribution is 5.78. The number of anilines is 1. The summed E-state index contributed by atoms with van der Waals surface area (Å²) in [5.41, 5.74) is 3.96. The summed E-state index contributed by atoms with van der Waals surface area (Å²) in [4.78, 5) is 20.6. The van der Waals surface area contributed by atoms with Gasteiger partial charge in [0.15, 0.2) is 6.61 Å². The third kappa shape index (κ3) is 3.60. The number of piperazine rings is 1. The molecule has 1 aromatic carbocycles. The molecule has 5 heteroatoms. The number of aryl methyl sites for hydroxylation is 2. The van der Waals surface area contributed by atoms with Gasteiger partial charge in [-0.05, 0) is 54.7 Å². The van der Waals surface area contributed by atoms with Crippen molar-refractivity contribution < 1.29 is 9.53 Å². The molecule has 0 N–H and O–H groups in total. The molecule has 1 amide bonds. The van der Waals surface area contributed by atoms with Crippen LogP contribution in [0.3, 0.4) is 0 Å². The second kappa shape index (κ2) is 7.13. The van der Waals surface area contributed by atoms with E-state index in [-0.39, 0.29) is 12.5 Å². The van der Waals surface area contributed by atoms with Crippen molar-refractivity contribution in [3.63, 3.8) is 0 Å². The van der Waals surface area contributed by atoms with Gasteiger partial charge in [0.05, 0.1) is 0 Å². The smallest absolute Gasteiger partial charge is 0.260 e. The molecule has 1 aliphatic carbocycles. The zero-order valence-corrected chi connectivity index (χ0v) is 14.4. The average Bonchev–Trinajstić information content (AvgIpc) is 3.15. The van der Waals surface area contributed by atoms with E-state index >= 15 is 0 Å². The van der Waals surface area contributed by atoms with E-state index < -0.39 is 0 Å². The minimum atomic E-state index is 0.0647. The van der Waals surface area contributed by atoms with Crippen molar-refractivity contribution >= 4 is 11.6 Å². The summed E-state index contributed by atoms with van der Waals surface area (Å²) in [6.07, 6.45) is 7.11. The summed E-state index contributed by atoms with van der Waals surface area (Å²) in [5.74, 6) is 0.874. The lowest BCUT2D eigenvalue weighted by molar-refractivity contribution is -0.133. The molecule has 0 radical (unpaired) electrons. The predicted octanol–water partition coefficient (Wildman–Crippen LogP) is 2.30. The van der Waals surface area contributed by atoms with Gasteiger partial charge in [-0.2, -0.15) is 0 Å². The first kappa shape index (κ1) is 15.9. The highest BCUT2D eigenvalue weighted by Crippen LogP contribution is 2.26. The van der Waals surface area contributed by atoms with Crippen LogP contribution in [0.25, 0.3) is 0 Å². The molecule has 1 aliphatic heterocycles. The number of nitrogens with zero attached hydrogens (tertiary/aromatic N) is 3. The molecule has 5 nitrogen and oxygen atoms in total. The number of pyridine rings is 1. The van der Waals surface area contributed by atoms with Crippen LogP contribution >= 0.6 is 0 Å². The normalized spacial score (nSPS) is 16.6. The maximum absolute atomic E-state index is 12.4. The molecule has 4 rings (SSSR count). The van der Waals surface area contributed by atoms with Crippen molar-refractivity contribution in [2.24, 2.45) is 0 Å². The van der Waals surface area contributed by atoms with Crippen molar-refractivity contribution in [2.75, 3.05) is 37.7 Å². The van der Waals surface area contributed by atoms with Crippen LogP contribution < -0.4 is 9.64 Å². The second-order valence-electron chi connectivity index (χ2n) is 6.65. The number of carbonyl (C=O) groups excluding carboxylic acids is 1. The first-order valence-electron chi connectivity index (χ1n) is 8.97. The molecule has 0 spiro atoms. The second-order valence-corrected chi connectivity index (χ2v) is 6.65. The van der Waals surface area contributed by atoms with E-state index in [1.54, 1.807) is 12.4 Å². The van der Waals surface area contributed by atoms with Crippen LogP contribution in [0.5, 0.6) is 5.75 Å². The van der Waals surface area contributed by atoms with Gasteiger partial charge in [0.25, 0.3) is 5.91 Å². The molecule has 0 unspecified atom stereocenters. The standard InChI is InChI=1S/C20H23N3O2/c24-20(15-25-19-5-4-16-2-1-3-17(16)14-19)23-12-10-22(11-13-23)18-6-8-21-9-7-18/h4-9,14H,1-3,10-13,15H2. The fraction of sp³-hybridized carbons (Fsp3) is 0.400. The number of hydrogen-bond donors (Lipinski definition) is 0. The van der Waals surface area contributed by atoms with Crippen LogP contribution in [0.15, 0.2) is 42.7 Å². The van der Waals surface area contributed by atoms with Gasteiger partial charge in [-0.1, -0.05) is 6.07 Å². The summed E-state index contributed by atoms with van der Waals surface area (Å²) in [6.45, 7) is 3.26. The van der Waals surface area contributed by atoms with Gasteiger partial charge >= 0.3 is 0 Å². The van der Waals surface area contributed by atoms with E-state index in [9.17, 15) is 4.79 Å². The SMILES string of the molecule is O=C(COc1ccc2c(c1)CCC2)N1CCN(c2ccncc2)CC1. The van der Waals surface area contributed by atoms with Crippen molar-refractivity contribution in [1.82, 2.24) is 9.88 Å². The molecule has 1 fully saturated rings. The third-order valence-electron chi connectivity index (χ3n) is 5.09. The number of hydrogen-bond acceptors (Lipinski definition) is 4. The number of benzene rings is 1. The minimum absolute atomic E-state index is 0.0647. The van der Waals surface area contributed by atoms with E-state index in [1.165, 1.54) is 17.5 Å². The van der Waals surface area contributed by atoms with Crippen LogP contribution in [0.2, 0.25) is 0 Å². The van der Waals surface area contributed by atoms with Gasteiger partial charge in [-0.25, -0.2) is 0 Å². The van der Waals surface area contributed by atoms with E-state index in [4.69, 9.17) is 4.74 Å². The Morgan fingerprint density at radius 1 is 1.00 bits per heavy atom. The first-order chi connectivity index (χ1) is 12.3. The molecule has 1 saturated heterocycles. The Kier molecular flexibility index (Phi) is 4.55. The van der Waals surface area contributed by atoms with Crippen LogP contribution in [0.1, 0.15) is 17.5 Å². The number of aromatic nitrogens is 1. The Hall–Kier alpha value is -2.56. The number of rotatable bonds is 4. The highest BCUT2D eigenvalue weighted by atomic mass is 16.5. The monoisotopic (exact) mass is 337 g/mol. The van der Waals surface area contributed by atoms with Crippen molar-refractivity contribution in [3.8, 4) is 5.75 Å². The van der Waals surface area contributed by atoms with Crippen molar-refractivity contribution in [2.45, 2.75) is 19.3 Å². The quantitative estimate of drug-likeness (QED) is 0.859. The zero-order chi connectivity index (χ0) is 17.1. The lowest BCUT2D eigenvalue weighted by atomic mass is 10.1. The molecule has 2 aliphatic rings. The fourth-order valence-corrected chi connectivity index (χ4v) is 3.64. The number of amides is 1. The van der Waals surface area contributed by atoms with Crippen molar-refractivity contribution in [1.29, 1.82) is 0 Å². The Morgan fingerprint density at radius 3 is 2.56 bits per heavy atom. The minimum Gasteiger partial charge on any atom is -0.484 e. The number of ether oxygens (including phenoxy) is 1.